The average Bonchev–Trinajstić information content (AvgIpc) is 2.96. The van der Waals surface area contributed by atoms with Crippen LogP contribution in [-0.2, 0) is 11.3 Å². The number of carboxylic acids is 1. The van der Waals surface area contributed by atoms with E-state index in [4.69, 9.17) is 5.11 Å². The van der Waals surface area contributed by atoms with Crippen LogP contribution in [0.1, 0.15) is 17.0 Å². The number of aliphatic carboxylic acids is 1. The van der Waals surface area contributed by atoms with Crippen molar-refractivity contribution >= 4 is 12.0 Å². The van der Waals surface area contributed by atoms with Crippen LogP contribution >= 0.6 is 0 Å². The number of carbonyl (C=O) groups is 1. The molecule has 4 heteroatoms. The van der Waals surface area contributed by atoms with Crippen molar-refractivity contribution < 1.29 is 9.90 Å². The first-order valence-corrected chi connectivity index (χ1v) is 7.71. The molecule has 0 atom stereocenters. The minimum atomic E-state index is -0.943. The zero-order chi connectivity index (χ0) is 16.9. The third-order valence-electron chi connectivity index (χ3n) is 3.80. The number of aromatic nitrogens is 2. The normalized spacial score (nSPS) is 11.0. The molecule has 0 aliphatic carbocycles. The van der Waals surface area contributed by atoms with Gasteiger partial charge >= 0.3 is 5.97 Å². The van der Waals surface area contributed by atoms with Gasteiger partial charge in [-0.3, -0.25) is 0 Å². The molecular formula is C20H18N2O2. The monoisotopic (exact) mass is 318 g/mol. The smallest absolute Gasteiger partial charge is 0.328 e. The standard InChI is InChI=1S/C20H18N2O2/c1-15-21-19(18-5-3-2-4-6-18)14-22(15)13-17-9-7-16(8-10-17)11-12-20(23)24/h2-12,14H,13H2,1H3,(H,23,24)/b12-11+. The first kappa shape index (κ1) is 15.7. The van der Waals surface area contributed by atoms with E-state index in [1.165, 1.54) is 0 Å². The summed E-state index contributed by atoms with van der Waals surface area (Å²) in [6.45, 7) is 2.73. The van der Waals surface area contributed by atoms with Gasteiger partial charge in [-0.2, -0.15) is 0 Å². The quantitative estimate of drug-likeness (QED) is 0.723. The van der Waals surface area contributed by atoms with E-state index in [2.05, 4.69) is 27.9 Å². The van der Waals surface area contributed by atoms with Crippen LogP contribution in [0.25, 0.3) is 17.3 Å². The molecule has 1 N–H and O–H groups in total. The zero-order valence-electron chi connectivity index (χ0n) is 13.4. The van der Waals surface area contributed by atoms with Crippen LogP contribution in [0.3, 0.4) is 0 Å². The van der Waals surface area contributed by atoms with E-state index in [0.717, 1.165) is 40.8 Å². The van der Waals surface area contributed by atoms with Crippen molar-refractivity contribution in [1.82, 2.24) is 9.55 Å². The number of imidazole rings is 1. The molecule has 0 spiro atoms. The molecule has 0 aliphatic rings. The van der Waals surface area contributed by atoms with E-state index in [-0.39, 0.29) is 0 Å². The highest BCUT2D eigenvalue weighted by Gasteiger charge is 2.06. The van der Waals surface area contributed by atoms with Crippen LogP contribution < -0.4 is 0 Å². The van der Waals surface area contributed by atoms with Crippen molar-refractivity contribution in [2.45, 2.75) is 13.5 Å². The molecule has 4 nitrogen and oxygen atoms in total. The Morgan fingerprint density at radius 1 is 1.12 bits per heavy atom. The van der Waals surface area contributed by atoms with Gasteiger partial charge in [0.1, 0.15) is 5.82 Å². The Morgan fingerprint density at radius 2 is 1.83 bits per heavy atom. The van der Waals surface area contributed by atoms with Gasteiger partial charge in [0.2, 0.25) is 0 Å². The summed E-state index contributed by atoms with van der Waals surface area (Å²) in [6.07, 6.45) is 4.78. The van der Waals surface area contributed by atoms with Gasteiger partial charge in [-0.15, -0.1) is 0 Å². The fourth-order valence-electron chi connectivity index (χ4n) is 2.51. The van der Waals surface area contributed by atoms with Crippen LogP contribution in [0.4, 0.5) is 0 Å². The first-order chi connectivity index (χ1) is 11.6. The van der Waals surface area contributed by atoms with Crippen molar-refractivity contribution in [3.05, 3.63) is 83.8 Å². The minimum Gasteiger partial charge on any atom is -0.478 e. The third kappa shape index (κ3) is 3.79. The fourth-order valence-corrected chi connectivity index (χ4v) is 2.51. The molecule has 2 aromatic carbocycles. The molecule has 0 fully saturated rings. The average molecular weight is 318 g/mol. The van der Waals surface area contributed by atoms with Gasteiger partial charge in [0.25, 0.3) is 0 Å². The second-order valence-corrected chi connectivity index (χ2v) is 5.58. The van der Waals surface area contributed by atoms with Crippen molar-refractivity contribution in [3.63, 3.8) is 0 Å². The highest BCUT2D eigenvalue weighted by Crippen LogP contribution is 2.19. The molecule has 3 aromatic rings. The number of hydrogen-bond donors (Lipinski definition) is 1. The SMILES string of the molecule is Cc1nc(-c2ccccc2)cn1Cc1ccc(/C=C/C(=O)O)cc1. The van der Waals surface area contributed by atoms with Crippen molar-refractivity contribution in [1.29, 1.82) is 0 Å². The van der Waals surface area contributed by atoms with Gasteiger partial charge < -0.3 is 9.67 Å². The lowest BCUT2D eigenvalue weighted by atomic mass is 10.1. The van der Waals surface area contributed by atoms with E-state index in [1.807, 2.05) is 49.4 Å². The Bertz CT molecular complexity index is 862. The molecule has 3 rings (SSSR count). The van der Waals surface area contributed by atoms with Gasteiger partial charge in [-0.25, -0.2) is 9.78 Å². The van der Waals surface area contributed by atoms with E-state index < -0.39 is 5.97 Å². The van der Waals surface area contributed by atoms with Crippen LogP contribution in [0, 0.1) is 6.92 Å². The van der Waals surface area contributed by atoms with Gasteiger partial charge in [0.05, 0.1) is 5.69 Å². The number of rotatable bonds is 5. The molecule has 0 unspecified atom stereocenters. The van der Waals surface area contributed by atoms with Gasteiger partial charge in [-0.1, -0.05) is 54.6 Å². The maximum absolute atomic E-state index is 10.5. The third-order valence-corrected chi connectivity index (χ3v) is 3.80. The number of benzene rings is 2. The van der Waals surface area contributed by atoms with Crippen molar-refractivity contribution in [2.75, 3.05) is 0 Å². The predicted octanol–water partition coefficient (Wildman–Crippen LogP) is 4.00. The molecule has 0 amide bonds. The van der Waals surface area contributed by atoms with Crippen molar-refractivity contribution in [2.24, 2.45) is 0 Å². The highest BCUT2D eigenvalue weighted by atomic mass is 16.4. The Kier molecular flexibility index (Phi) is 4.57. The summed E-state index contributed by atoms with van der Waals surface area (Å²) in [5.41, 5.74) is 4.08. The lowest BCUT2D eigenvalue weighted by molar-refractivity contribution is -0.131. The summed E-state index contributed by atoms with van der Waals surface area (Å²) in [4.78, 5) is 15.2. The summed E-state index contributed by atoms with van der Waals surface area (Å²) >= 11 is 0. The first-order valence-electron chi connectivity index (χ1n) is 7.71. The topological polar surface area (TPSA) is 55.1 Å². The Morgan fingerprint density at radius 3 is 2.50 bits per heavy atom. The Balaban J connectivity index is 1.77. The Labute approximate surface area is 140 Å². The van der Waals surface area contributed by atoms with Gasteiger partial charge in [-0.05, 0) is 24.1 Å². The number of nitrogens with zero attached hydrogens (tertiary/aromatic N) is 2. The molecule has 120 valence electrons. The van der Waals surface area contributed by atoms with Crippen LogP contribution in [0.15, 0.2) is 66.9 Å². The van der Waals surface area contributed by atoms with Crippen LogP contribution in [0.5, 0.6) is 0 Å². The van der Waals surface area contributed by atoms with Crippen LogP contribution in [0.2, 0.25) is 0 Å². The molecule has 1 aromatic heterocycles. The summed E-state index contributed by atoms with van der Waals surface area (Å²) in [6, 6.07) is 17.9. The molecule has 0 aliphatic heterocycles. The second kappa shape index (κ2) is 6.96. The molecule has 0 bridgehead atoms. The van der Waals surface area contributed by atoms with E-state index in [0.29, 0.717) is 0 Å². The zero-order valence-corrected chi connectivity index (χ0v) is 13.4. The molecular weight excluding hydrogens is 300 g/mol. The number of hydrogen-bond acceptors (Lipinski definition) is 2. The molecule has 0 saturated heterocycles. The highest BCUT2D eigenvalue weighted by molar-refractivity contribution is 5.85. The molecule has 24 heavy (non-hydrogen) atoms. The van der Waals surface area contributed by atoms with Gasteiger partial charge in [0.15, 0.2) is 0 Å². The van der Waals surface area contributed by atoms with Crippen molar-refractivity contribution in [3.8, 4) is 11.3 Å². The lowest BCUT2D eigenvalue weighted by Crippen LogP contribution is -2.00. The van der Waals surface area contributed by atoms with Crippen LogP contribution in [-0.4, -0.2) is 20.6 Å². The maximum Gasteiger partial charge on any atom is 0.328 e. The van der Waals surface area contributed by atoms with E-state index in [9.17, 15) is 4.79 Å². The Hall–Kier alpha value is -3.14. The predicted molar refractivity (Wildman–Crippen MR) is 94.6 cm³/mol. The molecule has 0 saturated carbocycles. The van der Waals surface area contributed by atoms with E-state index in [1.54, 1.807) is 6.08 Å². The largest absolute Gasteiger partial charge is 0.478 e. The summed E-state index contributed by atoms with van der Waals surface area (Å²) < 4.78 is 2.12. The summed E-state index contributed by atoms with van der Waals surface area (Å²) in [5.74, 6) is 0.0188. The van der Waals surface area contributed by atoms with Gasteiger partial charge in [0, 0.05) is 24.4 Å². The maximum atomic E-state index is 10.5. The fraction of sp³-hybridized carbons (Fsp3) is 0.100. The molecule has 1 heterocycles. The van der Waals surface area contributed by atoms with E-state index >= 15 is 0 Å². The molecule has 0 radical (unpaired) electrons. The second-order valence-electron chi connectivity index (χ2n) is 5.58. The lowest BCUT2D eigenvalue weighted by Gasteiger charge is -2.05. The number of carboxylic acid groups (broad SMARTS) is 1. The summed E-state index contributed by atoms with van der Waals surface area (Å²) in [5, 5.41) is 8.65. The number of aryl methyl sites for hydroxylation is 1. The summed E-state index contributed by atoms with van der Waals surface area (Å²) in [7, 11) is 0. The minimum absolute atomic E-state index is 0.731.